The number of hydrogen-bond donors (Lipinski definition) is 1. The van der Waals surface area contributed by atoms with Crippen LogP contribution in [0.2, 0.25) is 0 Å². The van der Waals surface area contributed by atoms with Crippen molar-refractivity contribution in [3.63, 3.8) is 0 Å². The van der Waals surface area contributed by atoms with Crippen LogP contribution in [0.15, 0.2) is 12.1 Å². The van der Waals surface area contributed by atoms with Gasteiger partial charge in [0, 0.05) is 23.1 Å². The molecule has 0 atom stereocenters. The van der Waals surface area contributed by atoms with Crippen molar-refractivity contribution in [2.24, 2.45) is 5.41 Å². The number of amides is 1. The van der Waals surface area contributed by atoms with Gasteiger partial charge in [-0.15, -0.1) is 0 Å². The van der Waals surface area contributed by atoms with Gasteiger partial charge in [0.05, 0.1) is 5.54 Å². The lowest BCUT2D eigenvalue weighted by molar-refractivity contribution is -0.129. The highest BCUT2D eigenvalue weighted by Crippen LogP contribution is 2.48. The predicted octanol–water partition coefficient (Wildman–Crippen LogP) is 3.26. The molecule has 2 rings (SSSR count). The van der Waals surface area contributed by atoms with Crippen LogP contribution in [-0.2, 0) is 10.3 Å². The van der Waals surface area contributed by atoms with E-state index in [9.17, 15) is 18.0 Å². The number of rotatable bonds is 2. The van der Waals surface area contributed by atoms with E-state index in [2.05, 4.69) is 5.32 Å². The minimum absolute atomic E-state index is 0.244. The molecule has 0 heterocycles. The second kappa shape index (κ2) is 4.25. The Hall–Kier alpha value is -1.52. The van der Waals surface area contributed by atoms with E-state index in [1.54, 1.807) is 20.8 Å². The van der Waals surface area contributed by atoms with Crippen LogP contribution in [0.1, 0.15) is 39.2 Å². The first-order chi connectivity index (χ1) is 8.66. The zero-order valence-electron chi connectivity index (χ0n) is 11.1. The average molecular weight is 271 g/mol. The van der Waals surface area contributed by atoms with Crippen LogP contribution in [0, 0.1) is 22.9 Å². The summed E-state index contributed by atoms with van der Waals surface area (Å²) in [7, 11) is 0. The van der Waals surface area contributed by atoms with Gasteiger partial charge < -0.3 is 5.32 Å². The van der Waals surface area contributed by atoms with E-state index in [4.69, 9.17) is 0 Å². The van der Waals surface area contributed by atoms with E-state index >= 15 is 0 Å². The van der Waals surface area contributed by atoms with Crippen LogP contribution in [0.25, 0.3) is 0 Å². The van der Waals surface area contributed by atoms with Crippen LogP contribution in [0.5, 0.6) is 0 Å². The molecule has 0 saturated heterocycles. The van der Waals surface area contributed by atoms with Gasteiger partial charge in [0.15, 0.2) is 0 Å². The summed E-state index contributed by atoms with van der Waals surface area (Å²) in [5.74, 6) is -3.15. The van der Waals surface area contributed by atoms with Crippen molar-refractivity contribution < 1.29 is 18.0 Å². The third kappa shape index (κ3) is 2.60. The Morgan fingerprint density at radius 1 is 1.16 bits per heavy atom. The van der Waals surface area contributed by atoms with E-state index in [0.29, 0.717) is 25.0 Å². The summed E-state index contributed by atoms with van der Waals surface area (Å²) in [5.41, 5.74) is -1.92. The van der Waals surface area contributed by atoms with Gasteiger partial charge in [-0.25, -0.2) is 13.2 Å². The maximum absolute atomic E-state index is 13.8. The van der Waals surface area contributed by atoms with Gasteiger partial charge in [0.2, 0.25) is 5.91 Å². The van der Waals surface area contributed by atoms with E-state index < -0.39 is 28.4 Å². The normalized spacial score (nSPS) is 17.2. The van der Waals surface area contributed by atoms with Gasteiger partial charge in [-0.05, 0) is 12.8 Å². The van der Waals surface area contributed by atoms with Crippen molar-refractivity contribution in [3.05, 3.63) is 35.1 Å². The predicted molar refractivity (Wildman–Crippen MR) is 64.8 cm³/mol. The SMILES string of the molecule is CC(C)(C)C(=O)NC1(c2c(F)cc(F)cc2F)CC1. The number of halogens is 3. The Bertz CT molecular complexity index is 507. The van der Waals surface area contributed by atoms with Crippen LogP contribution >= 0.6 is 0 Å². The van der Waals surface area contributed by atoms with Gasteiger partial charge in [0.1, 0.15) is 17.5 Å². The van der Waals surface area contributed by atoms with Crippen molar-refractivity contribution in [1.29, 1.82) is 0 Å². The third-order valence-electron chi connectivity index (χ3n) is 3.27. The molecule has 0 unspecified atom stereocenters. The van der Waals surface area contributed by atoms with Gasteiger partial charge >= 0.3 is 0 Å². The highest BCUT2D eigenvalue weighted by Gasteiger charge is 2.50. The first-order valence-electron chi connectivity index (χ1n) is 6.13. The van der Waals surface area contributed by atoms with Gasteiger partial charge in [-0.1, -0.05) is 20.8 Å². The lowest BCUT2D eigenvalue weighted by Crippen LogP contribution is -2.42. The quantitative estimate of drug-likeness (QED) is 0.879. The molecule has 1 aliphatic rings. The molecule has 0 radical (unpaired) electrons. The number of hydrogen-bond acceptors (Lipinski definition) is 1. The van der Waals surface area contributed by atoms with Gasteiger partial charge in [0.25, 0.3) is 0 Å². The Morgan fingerprint density at radius 3 is 2.00 bits per heavy atom. The first-order valence-corrected chi connectivity index (χ1v) is 6.13. The maximum Gasteiger partial charge on any atom is 0.226 e. The Labute approximate surface area is 110 Å². The fraction of sp³-hybridized carbons (Fsp3) is 0.500. The number of nitrogens with one attached hydrogen (secondary N) is 1. The Morgan fingerprint density at radius 2 is 1.63 bits per heavy atom. The number of benzene rings is 1. The minimum atomic E-state index is -1.02. The summed E-state index contributed by atoms with van der Waals surface area (Å²) in [4.78, 5) is 12.0. The highest BCUT2D eigenvalue weighted by molar-refractivity contribution is 5.82. The van der Waals surface area contributed by atoms with Crippen LogP contribution < -0.4 is 5.32 Å². The van der Waals surface area contributed by atoms with E-state index in [0.717, 1.165) is 0 Å². The molecule has 0 spiro atoms. The molecular formula is C14H16F3NO. The largest absolute Gasteiger partial charge is 0.346 e. The molecule has 0 aliphatic heterocycles. The molecule has 1 amide bonds. The molecule has 19 heavy (non-hydrogen) atoms. The highest BCUT2D eigenvalue weighted by atomic mass is 19.1. The molecule has 1 N–H and O–H groups in total. The Kier molecular flexibility index (Phi) is 3.11. The molecule has 104 valence electrons. The monoisotopic (exact) mass is 271 g/mol. The standard InChI is InChI=1S/C14H16F3NO/c1-13(2,3)12(19)18-14(4-5-14)11-9(16)6-8(15)7-10(11)17/h6-7H,4-5H2,1-3H3,(H,18,19). The number of carbonyl (C=O) groups excluding carboxylic acids is 1. The van der Waals surface area contributed by atoms with Crippen LogP contribution in [0.4, 0.5) is 13.2 Å². The summed E-state index contributed by atoms with van der Waals surface area (Å²) in [6, 6.07) is 1.28. The second-order valence-electron chi connectivity index (χ2n) is 6.03. The summed E-state index contributed by atoms with van der Waals surface area (Å²) in [6.45, 7) is 5.15. The molecule has 5 heteroatoms. The smallest absolute Gasteiger partial charge is 0.226 e. The van der Waals surface area contributed by atoms with E-state index in [1.807, 2.05) is 0 Å². The van der Waals surface area contributed by atoms with Gasteiger partial charge in [-0.3, -0.25) is 4.79 Å². The molecule has 1 aliphatic carbocycles. The minimum Gasteiger partial charge on any atom is -0.346 e. The van der Waals surface area contributed by atoms with E-state index in [1.165, 1.54) is 0 Å². The lowest BCUT2D eigenvalue weighted by atomic mass is 9.93. The molecule has 2 nitrogen and oxygen atoms in total. The summed E-state index contributed by atoms with van der Waals surface area (Å²) < 4.78 is 40.4. The fourth-order valence-corrected chi connectivity index (χ4v) is 1.97. The Balaban J connectivity index is 2.34. The van der Waals surface area contributed by atoms with Crippen LogP contribution in [-0.4, -0.2) is 5.91 Å². The van der Waals surface area contributed by atoms with E-state index in [-0.39, 0.29) is 11.5 Å². The number of carbonyl (C=O) groups is 1. The van der Waals surface area contributed by atoms with Crippen molar-refractivity contribution >= 4 is 5.91 Å². The molecule has 0 bridgehead atoms. The van der Waals surface area contributed by atoms with Crippen molar-refractivity contribution in [3.8, 4) is 0 Å². The summed E-state index contributed by atoms with van der Waals surface area (Å²) in [6.07, 6.45) is 0.905. The van der Waals surface area contributed by atoms with Crippen molar-refractivity contribution in [1.82, 2.24) is 5.32 Å². The molecule has 0 aromatic heterocycles. The van der Waals surface area contributed by atoms with Crippen LogP contribution in [0.3, 0.4) is 0 Å². The first kappa shape index (κ1) is 13.9. The second-order valence-corrected chi connectivity index (χ2v) is 6.03. The molecule has 1 aromatic rings. The zero-order valence-corrected chi connectivity index (χ0v) is 11.1. The fourth-order valence-electron chi connectivity index (χ4n) is 1.97. The zero-order chi connectivity index (χ0) is 14.4. The van der Waals surface area contributed by atoms with Crippen molar-refractivity contribution in [2.45, 2.75) is 39.2 Å². The summed E-state index contributed by atoms with van der Waals surface area (Å²) in [5, 5.41) is 2.68. The maximum atomic E-state index is 13.8. The molecule has 1 saturated carbocycles. The molecular weight excluding hydrogens is 255 g/mol. The van der Waals surface area contributed by atoms with Crippen molar-refractivity contribution in [2.75, 3.05) is 0 Å². The topological polar surface area (TPSA) is 29.1 Å². The molecule has 1 aromatic carbocycles. The molecule has 1 fully saturated rings. The lowest BCUT2D eigenvalue weighted by Gasteiger charge is -2.25. The average Bonchev–Trinajstić information content (AvgIpc) is 2.95. The van der Waals surface area contributed by atoms with Gasteiger partial charge in [-0.2, -0.15) is 0 Å². The third-order valence-corrected chi connectivity index (χ3v) is 3.27. The summed E-state index contributed by atoms with van der Waals surface area (Å²) >= 11 is 0.